The second kappa shape index (κ2) is 9.49. The van der Waals surface area contributed by atoms with Crippen molar-refractivity contribution in [2.75, 3.05) is 19.0 Å². The number of ether oxygens (including phenoxy) is 3. The van der Waals surface area contributed by atoms with Crippen LogP contribution in [0.3, 0.4) is 0 Å². The number of benzene rings is 2. The van der Waals surface area contributed by atoms with Crippen LogP contribution in [0.4, 0.5) is 15.8 Å². The Bertz CT molecular complexity index is 933. The fourth-order valence-electron chi connectivity index (χ4n) is 2.37. The molecule has 0 saturated heterocycles. The van der Waals surface area contributed by atoms with E-state index in [0.29, 0.717) is 0 Å². The highest BCUT2D eigenvalue weighted by Crippen LogP contribution is 2.35. The molecule has 0 aliphatic carbocycles. The lowest BCUT2D eigenvalue weighted by atomic mass is 10.1. The van der Waals surface area contributed by atoms with Crippen molar-refractivity contribution in [3.8, 4) is 11.5 Å². The van der Waals surface area contributed by atoms with Gasteiger partial charge in [-0.3, -0.25) is 14.9 Å². The van der Waals surface area contributed by atoms with E-state index in [0.717, 1.165) is 18.2 Å². The summed E-state index contributed by atoms with van der Waals surface area (Å²) < 4.78 is 29.0. The lowest BCUT2D eigenvalue weighted by Gasteiger charge is -2.15. The standard InChI is InChI=1S/C19H19FN2O7/c1-4-28-17-10-15(22(25)26)12(9-16(17)27-3)19(24)29-11(2)18(23)21-14-8-6-5-7-13(14)20/h5-11H,4H2,1-3H3,(H,21,23)/t11-/m0/s1. The lowest BCUT2D eigenvalue weighted by molar-refractivity contribution is -0.385. The number of rotatable bonds is 8. The molecule has 10 heteroatoms. The molecule has 9 nitrogen and oxygen atoms in total. The average Bonchev–Trinajstić information content (AvgIpc) is 2.69. The van der Waals surface area contributed by atoms with Crippen molar-refractivity contribution in [1.82, 2.24) is 0 Å². The van der Waals surface area contributed by atoms with Gasteiger partial charge >= 0.3 is 5.97 Å². The van der Waals surface area contributed by atoms with Crippen LogP contribution >= 0.6 is 0 Å². The maximum atomic E-state index is 13.6. The number of nitrogens with one attached hydrogen (secondary N) is 1. The molecule has 0 aromatic heterocycles. The highest BCUT2D eigenvalue weighted by atomic mass is 19.1. The number of hydrogen-bond donors (Lipinski definition) is 1. The van der Waals surface area contributed by atoms with Crippen LogP contribution in [0, 0.1) is 15.9 Å². The summed E-state index contributed by atoms with van der Waals surface area (Å²) in [5.74, 6) is -2.40. The van der Waals surface area contributed by atoms with E-state index in [1.165, 1.54) is 32.2 Å². The third-order valence-electron chi connectivity index (χ3n) is 3.78. The van der Waals surface area contributed by atoms with E-state index in [-0.39, 0.29) is 23.8 Å². The van der Waals surface area contributed by atoms with Crippen LogP contribution in [0.2, 0.25) is 0 Å². The van der Waals surface area contributed by atoms with Crippen LogP contribution in [0.15, 0.2) is 36.4 Å². The van der Waals surface area contributed by atoms with Gasteiger partial charge in [-0.15, -0.1) is 0 Å². The quantitative estimate of drug-likeness (QED) is 0.406. The summed E-state index contributed by atoms with van der Waals surface area (Å²) >= 11 is 0. The average molecular weight is 406 g/mol. The molecule has 1 amide bonds. The van der Waals surface area contributed by atoms with Crippen molar-refractivity contribution in [1.29, 1.82) is 0 Å². The molecule has 0 unspecified atom stereocenters. The van der Waals surface area contributed by atoms with Gasteiger partial charge in [0.1, 0.15) is 11.4 Å². The van der Waals surface area contributed by atoms with Gasteiger partial charge in [-0.05, 0) is 26.0 Å². The first-order chi connectivity index (χ1) is 13.8. The Kier molecular flexibility index (Phi) is 7.07. The van der Waals surface area contributed by atoms with Crippen LogP contribution in [-0.4, -0.2) is 36.6 Å². The molecule has 2 rings (SSSR count). The van der Waals surface area contributed by atoms with Crippen molar-refractivity contribution in [3.63, 3.8) is 0 Å². The van der Waals surface area contributed by atoms with E-state index < -0.39 is 40.0 Å². The number of esters is 1. The Morgan fingerprint density at radius 1 is 1.24 bits per heavy atom. The van der Waals surface area contributed by atoms with Crippen molar-refractivity contribution < 1.29 is 33.1 Å². The summed E-state index contributed by atoms with van der Waals surface area (Å²) in [5, 5.41) is 13.6. The molecule has 0 aliphatic heterocycles. The van der Waals surface area contributed by atoms with Gasteiger partial charge in [0.05, 0.1) is 30.4 Å². The first-order valence-electron chi connectivity index (χ1n) is 8.54. The van der Waals surface area contributed by atoms with E-state index in [1.54, 1.807) is 6.92 Å². The molecule has 0 fully saturated rings. The van der Waals surface area contributed by atoms with E-state index >= 15 is 0 Å². The predicted molar refractivity (Wildman–Crippen MR) is 101 cm³/mol. The molecule has 0 heterocycles. The highest BCUT2D eigenvalue weighted by molar-refractivity contribution is 5.99. The molecule has 2 aromatic carbocycles. The Balaban J connectivity index is 2.23. The summed E-state index contributed by atoms with van der Waals surface area (Å²) in [4.78, 5) is 35.2. The number of nitro benzene ring substituents is 1. The number of carbonyl (C=O) groups is 2. The van der Waals surface area contributed by atoms with Gasteiger partial charge in [0.2, 0.25) is 0 Å². The van der Waals surface area contributed by atoms with Crippen LogP contribution < -0.4 is 14.8 Å². The monoisotopic (exact) mass is 406 g/mol. The molecule has 2 aromatic rings. The van der Waals surface area contributed by atoms with Gasteiger partial charge in [-0.2, -0.15) is 0 Å². The third-order valence-corrected chi connectivity index (χ3v) is 3.78. The Labute approximate surface area is 165 Å². The van der Waals surface area contributed by atoms with E-state index in [1.807, 2.05) is 0 Å². The molecule has 0 saturated carbocycles. The Hall–Kier alpha value is -3.69. The lowest BCUT2D eigenvalue weighted by Crippen LogP contribution is -2.30. The second-order valence-electron chi connectivity index (χ2n) is 5.73. The van der Waals surface area contributed by atoms with Gasteiger partial charge in [-0.1, -0.05) is 12.1 Å². The van der Waals surface area contributed by atoms with Gasteiger partial charge in [0.25, 0.3) is 11.6 Å². The maximum Gasteiger partial charge on any atom is 0.346 e. The van der Waals surface area contributed by atoms with Crippen LogP contribution in [-0.2, 0) is 9.53 Å². The molecule has 0 aliphatic rings. The van der Waals surface area contributed by atoms with Crippen molar-refractivity contribution >= 4 is 23.3 Å². The minimum absolute atomic E-state index is 0.0867. The number of amides is 1. The van der Waals surface area contributed by atoms with Gasteiger partial charge in [0.15, 0.2) is 17.6 Å². The molecule has 1 atom stereocenters. The fraction of sp³-hybridized carbons (Fsp3) is 0.263. The first-order valence-corrected chi connectivity index (χ1v) is 8.54. The summed E-state index contributed by atoms with van der Waals surface area (Å²) in [6.45, 7) is 3.17. The van der Waals surface area contributed by atoms with Crippen molar-refractivity contribution in [3.05, 3.63) is 57.9 Å². The summed E-state index contributed by atoms with van der Waals surface area (Å²) in [6, 6.07) is 7.61. The van der Waals surface area contributed by atoms with E-state index in [2.05, 4.69) is 5.32 Å². The minimum Gasteiger partial charge on any atom is -0.493 e. The van der Waals surface area contributed by atoms with E-state index in [9.17, 15) is 24.1 Å². The molecule has 0 spiro atoms. The number of hydrogen-bond acceptors (Lipinski definition) is 7. The molecule has 0 bridgehead atoms. The third kappa shape index (κ3) is 5.18. The smallest absolute Gasteiger partial charge is 0.346 e. The SMILES string of the molecule is CCOc1cc([N+](=O)[O-])c(C(=O)O[C@@H](C)C(=O)Nc2ccccc2F)cc1OC. The zero-order chi connectivity index (χ0) is 21.6. The predicted octanol–water partition coefficient (Wildman–Crippen LogP) is 3.33. The number of anilines is 1. The molecular formula is C19H19FN2O7. The second-order valence-corrected chi connectivity index (χ2v) is 5.73. The topological polar surface area (TPSA) is 117 Å². The van der Waals surface area contributed by atoms with Crippen molar-refractivity contribution in [2.24, 2.45) is 0 Å². The van der Waals surface area contributed by atoms with Crippen molar-refractivity contribution in [2.45, 2.75) is 20.0 Å². The maximum absolute atomic E-state index is 13.6. The first kappa shape index (κ1) is 21.6. The molecule has 1 N–H and O–H groups in total. The number of para-hydroxylation sites is 1. The number of methoxy groups -OCH3 is 1. The highest BCUT2D eigenvalue weighted by Gasteiger charge is 2.28. The Morgan fingerprint density at radius 2 is 1.93 bits per heavy atom. The molecular weight excluding hydrogens is 387 g/mol. The van der Waals surface area contributed by atoms with Gasteiger partial charge < -0.3 is 19.5 Å². The molecule has 29 heavy (non-hydrogen) atoms. The fourth-order valence-corrected chi connectivity index (χ4v) is 2.37. The number of carbonyl (C=O) groups excluding carboxylic acids is 2. The number of nitrogens with zero attached hydrogens (tertiary/aromatic N) is 1. The van der Waals surface area contributed by atoms with E-state index in [4.69, 9.17) is 14.2 Å². The van der Waals surface area contributed by atoms with Gasteiger partial charge in [-0.25, -0.2) is 9.18 Å². The number of nitro groups is 1. The summed E-state index contributed by atoms with van der Waals surface area (Å²) in [7, 11) is 1.31. The van der Waals surface area contributed by atoms with Gasteiger partial charge in [0, 0.05) is 6.07 Å². The molecule has 154 valence electrons. The summed E-state index contributed by atoms with van der Waals surface area (Å²) in [6.07, 6.45) is -1.35. The Morgan fingerprint density at radius 3 is 2.52 bits per heavy atom. The van der Waals surface area contributed by atoms with Crippen LogP contribution in [0.1, 0.15) is 24.2 Å². The largest absolute Gasteiger partial charge is 0.493 e. The minimum atomic E-state index is -1.35. The zero-order valence-corrected chi connectivity index (χ0v) is 15.9. The summed E-state index contributed by atoms with van der Waals surface area (Å²) in [5.41, 5.74) is -1.07. The van der Waals surface area contributed by atoms with Crippen LogP contribution in [0.25, 0.3) is 0 Å². The van der Waals surface area contributed by atoms with Crippen LogP contribution in [0.5, 0.6) is 11.5 Å². The number of halogens is 1. The zero-order valence-electron chi connectivity index (χ0n) is 15.9. The normalized spacial score (nSPS) is 11.3. The molecule has 0 radical (unpaired) electrons.